The molecule has 94 valence electrons. The lowest BCUT2D eigenvalue weighted by molar-refractivity contribution is 0.0946. The summed E-state index contributed by atoms with van der Waals surface area (Å²) in [5.41, 5.74) is -0.0663. The molecule has 17 heavy (non-hydrogen) atoms. The number of hydrogen-bond acceptors (Lipinski definition) is 3. The van der Waals surface area contributed by atoms with E-state index in [1.54, 1.807) is 0 Å². The van der Waals surface area contributed by atoms with E-state index in [0.717, 1.165) is 19.5 Å². The molecule has 1 unspecified atom stereocenters. The summed E-state index contributed by atoms with van der Waals surface area (Å²) in [6, 6.07) is 0. The van der Waals surface area contributed by atoms with Crippen molar-refractivity contribution in [2.45, 2.75) is 19.3 Å². The standard InChI is InChI=1S/C11H18N4O2/c16-10(9-7-14-11(17)15-9)13-5-3-8-2-1-4-12-6-8/h7-8,12H,1-6H2,(H,13,16)(H2,14,15,17). The molecule has 1 amide bonds. The number of piperidine rings is 1. The summed E-state index contributed by atoms with van der Waals surface area (Å²) in [7, 11) is 0. The van der Waals surface area contributed by atoms with Crippen LogP contribution in [-0.4, -0.2) is 35.5 Å². The molecule has 1 fully saturated rings. The van der Waals surface area contributed by atoms with Crippen LogP contribution in [0.3, 0.4) is 0 Å². The first kappa shape index (κ1) is 11.9. The highest BCUT2D eigenvalue weighted by atomic mass is 16.2. The van der Waals surface area contributed by atoms with E-state index in [-0.39, 0.29) is 17.3 Å². The number of aromatic amines is 2. The number of aromatic nitrogens is 2. The fourth-order valence-electron chi connectivity index (χ4n) is 2.11. The Balaban J connectivity index is 1.71. The van der Waals surface area contributed by atoms with Crippen molar-refractivity contribution in [2.75, 3.05) is 19.6 Å². The van der Waals surface area contributed by atoms with E-state index in [1.807, 2.05) is 0 Å². The molecular weight excluding hydrogens is 220 g/mol. The van der Waals surface area contributed by atoms with Crippen LogP contribution in [0.15, 0.2) is 11.0 Å². The molecule has 0 bridgehead atoms. The molecule has 1 aromatic rings. The minimum atomic E-state index is -0.355. The zero-order valence-electron chi connectivity index (χ0n) is 9.71. The maximum atomic E-state index is 11.6. The van der Waals surface area contributed by atoms with Crippen molar-refractivity contribution in [3.05, 3.63) is 22.4 Å². The fraction of sp³-hybridized carbons (Fsp3) is 0.636. The summed E-state index contributed by atoms with van der Waals surface area (Å²) in [4.78, 5) is 27.2. The molecule has 1 atom stereocenters. The second-order valence-corrected chi connectivity index (χ2v) is 4.41. The van der Waals surface area contributed by atoms with Crippen LogP contribution in [0, 0.1) is 5.92 Å². The van der Waals surface area contributed by atoms with Gasteiger partial charge in [0, 0.05) is 12.7 Å². The summed E-state index contributed by atoms with van der Waals surface area (Å²) >= 11 is 0. The van der Waals surface area contributed by atoms with Crippen molar-refractivity contribution in [2.24, 2.45) is 5.92 Å². The first-order valence-electron chi connectivity index (χ1n) is 6.02. The number of amides is 1. The van der Waals surface area contributed by atoms with Crippen LogP contribution >= 0.6 is 0 Å². The van der Waals surface area contributed by atoms with Gasteiger partial charge in [0.05, 0.1) is 0 Å². The highest BCUT2D eigenvalue weighted by molar-refractivity contribution is 5.91. The number of rotatable bonds is 4. The average molecular weight is 238 g/mol. The van der Waals surface area contributed by atoms with Gasteiger partial charge in [-0.1, -0.05) is 0 Å². The Morgan fingerprint density at radius 3 is 3.06 bits per heavy atom. The van der Waals surface area contributed by atoms with Gasteiger partial charge < -0.3 is 20.6 Å². The zero-order valence-corrected chi connectivity index (χ0v) is 9.71. The Labute approximate surface area is 99.2 Å². The molecule has 6 heteroatoms. The highest BCUT2D eigenvalue weighted by Crippen LogP contribution is 2.12. The van der Waals surface area contributed by atoms with Crippen LogP contribution < -0.4 is 16.3 Å². The van der Waals surface area contributed by atoms with Gasteiger partial charge in [-0.2, -0.15) is 0 Å². The third-order valence-electron chi connectivity index (χ3n) is 3.08. The van der Waals surface area contributed by atoms with Crippen molar-refractivity contribution in [1.29, 1.82) is 0 Å². The maximum absolute atomic E-state index is 11.6. The molecule has 1 aliphatic heterocycles. The van der Waals surface area contributed by atoms with Crippen LogP contribution in [0.25, 0.3) is 0 Å². The number of nitrogens with one attached hydrogen (secondary N) is 4. The Morgan fingerprint density at radius 2 is 2.41 bits per heavy atom. The molecule has 1 saturated heterocycles. The maximum Gasteiger partial charge on any atom is 0.323 e. The lowest BCUT2D eigenvalue weighted by atomic mass is 9.96. The zero-order chi connectivity index (χ0) is 12.1. The SMILES string of the molecule is O=C(NCCC1CCCNC1)c1c[nH]c(=O)[nH]1. The minimum absolute atomic E-state index is 0.230. The van der Waals surface area contributed by atoms with E-state index in [9.17, 15) is 9.59 Å². The van der Waals surface area contributed by atoms with Gasteiger partial charge in [-0.15, -0.1) is 0 Å². The number of H-pyrrole nitrogens is 2. The molecule has 4 N–H and O–H groups in total. The summed E-state index contributed by atoms with van der Waals surface area (Å²) in [5.74, 6) is 0.418. The number of carbonyl (C=O) groups is 1. The smallest absolute Gasteiger partial charge is 0.323 e. The lowest BCUT2D eigenvalue weighted by Crippen LogP contribution is -2.33. The largest absolute Gasteiger partial charge is 0.351 e. The lowest BCUT2D eigenvalue weighted by Gasteiger charge is -2.22. The van der Waals surface area contributed by atoms with E-state index in [1.165, 1.54) is 19.0 Å². The highest BCUT2D eigenvalue weighted by Gasteiger charge is 2.13. The second kappa shape index (κ2) is 5.67. The second-order valence-electron chi connectivity index (χ2n) is 4.41. The number of carbonyl (C=O) groups excluding carboxylic acids is 1. The van der Waals surface area contributed by atoms with Gasteiger partial charge in [-0.25, -0.2) is 4.79 Å². The van der Waals surface area contributed by atoms with Gasteiger partial charge >= 0.3 is 5.69 Å². The summed E-state index contributed by atoms with van der Waals surface area (Å²) in [6.07, 6.45) is 4.81. The van der Waals surface area contributed by atoms with E-state index >= 15 is 0 Å². The van der Waals surface area contributed by atoms with Gasteiger partial charge in [-0.05, 0) is 38.3 Å². The van der Waals surface area contributed by atoms with Crippen molar-refractivity contribution in [3.8, 4) is 0 Å². The minimum Gasteiger partial charge on any atom is -0.351 e. The quantitative estimate of drug-likeness (QED) is 0.586. The normalized spacial score (nSPS) is 20.1. The van der Waals surface area contributed by atoms with Gasteiger partial charge in [0.1, 0.15) is 5.69 Å². The van der Waals surface area contributed by atoms with Gasteiger partial charge in [0.25, 0.3) is 5.91 Å². The molecule has 2 rings (SSSR count). The van der Waals surface area contributed by atoms with E-state index in [0.29, 0.717) is 12.5 Å². The van der Waals surface area contributed by atoms with E-state index in [2.05, 4.69) is 20.6 Å². The molecule has 0 aromatic carbocycles. The van der Waals surface area contributed by atoms with Crippen LogP contribution in [-0.2, 0) is 0 Å². The monoisotopic (exact) mass is 238 g/mol. The van der Waals surface area contributed by atoms with Gasteiger partial charge in [0.15, 0.2) is 0 Å². The molecule has 2 heterocycles. The van der Waals surface area contributed by atoms with E-state index in [4.69, 9.17) is 0 Å². The summed E-state index contributed by atoms with van der Waals surface area (Å²) < 4.78 is 0. The number of imidazole rings is 1. The molecule has 0 saturated carbocycles. The Bertz CT molecular complexity index is 417. The Hall–Kier alpha value is -1.56. The topological polar surface area (TPSA) is 89.8 Å². The molecule has 1 aromatic heterocycles. The van der Waals surface area contributed by atoms with Crippen LogP contribution in [0.2, 0.25) is 0 Å². The van der Waals surface area contributed by atoms with Crippen LogP contribution in [0.5, 0.6) is 0 Å². The average Bonchev–Trinajstić information content (AvgIpc) is 2.77. The predicted molar refractivity (Wildman–Crippen MR) is 64.0 cm³/mol. The van der Waals surface area contributed by atoms with Crippen LogP contribution in [0.4, 0.5) is 0 Å². The van der Waals surface area contributed by atoms with Crippen LogP contribution in [0.1, 0.15) is 29.8 Å². The van der Waals surface area contributed by atoms with E-state index < -0.39 is 0 Å². The first-order valence-corrected chi connectivity index (χ1v) is 6.02. The third-order valence-corrected chi connectivity index (χ3v) is 3.08. The Morgan fingerprint density at radius 1 is 1.53 bits per heavy atom. The Kier molecular flexibility index (Phi) is 3.98. The summed E-state index contributed by atoms with van der Waals surface area (Å²) in [5, 5.41) is 6.15. The molecule has 0 spiro atoms. The third kappa shape index (κ3) is 3.45. The van der Waals surface area contributed by atoms with Crippen molar-refractivity contribution >= 4 is 5.91 Å². The molecule has 0 radical (unpaired) electrons. The van der Waals surface area contributed by atoms with Crippen molar-refractivity contribution in [3.63, 3.8) is 0 Å². The molecule has 6 nitrogen and oxygen atoms in total. The molecular formula is C11H18N4O2. The fourth-order valence-corrected chi connectivity index (χ4v) is 2.11. The molecule has 1 aliphatic rings. The van der Waals surface area contributed by atoms with Gasteiger partial charge in [-0.3, -0.25) is 4.79 Å². The first-order chi connectivity index (χ1) is 8.25. The van der Waals surface area contributed by atoms with Crippen molar-refractivity contribution < 1.29 is 4.79 Å². The molecule has 0 aliphatic carbocycles. The predicted octanol–water partition coefficient (Wildman–Crippen LogP) is -0.177. The number of hydrogen-bond donors (Lipinski definition) is 4. The van der Waals surface area contributed by atoms with Gasteiger partial charge in [0.2, 0.25) is 0 Å². The van der Waals surface area contributed by atoms with Crippen molar-refractivity contribution in [1.82, 2.24) is 20.6 Å². The summed E-state index contributed by atoms with van der Waals surface area (Å²) in [6.45, 7) is 2.79.